The Labute approximate surface area is 199 Å². The Kier molecular flexibility index (Phi) is 7.37. The molecule has 0 radical (unpaired) electrons. The highest BCUT2D eigenvalue weighted by Gasteiger charge is 2.52. The lowest BCUT2D eigenvalue weighted by Crippen LogP contribution is -2.54. The first-order valence-corrected chi connectivity index (χ1v) is 12.3. The van der Waals surface area contributed by atoms with Crippen LogP contribution in [0, 0.1) is 23.2 Å². The number of hydrogen-bond donors (Lipinski definition) is 1. The van der Waals surface area contributed by atoms with Gasteiger partial charge in [-0.05, 0) is 98.8 Å². The molecule has 4 saturated carbocycles. The zero-order chi connectivity index (χ0) is 21.3. The van der Waals surface area contributed by atoms with E-state index in [9.17, 15) is 0 Å². The third kappa shape index (κ3) is 4.94. The maximum absolute atomic E-state index is 6.08. The molecule has 0 amide bonds. The van der Waals surface area contributed by atoms with Crippen molar-refractivity contribution in [2.24, 2.45) is 23.2 Å². The molecule has 4 aliphatic carbocycles. The molecule has 4 bridgehead atoms. The zero-order valence-corrected chi connectivity index (χ0v) is 20.3. The Balaban J connectivity index is 0.00000245. The van der Waals surface area contributed by atoms with Crippen LogP contribution in [0.25, 0.3) is 0 Å². The normalized spacial score (nSPS) is 28.8. The summed E-state index contributed by atoms with van der Waals surface area (Å²) in [6.07, 6.45) is 8.87. The molecule has 32 heavy (non-hydrogen) atoms. The van der Waals surface area contributed by atoms with E-state index in [1.807, 2.05) is 25.1 Å². The van der Waals surface area contributed by atoms with Crippen molar-refractivity contribution in [3.05, 3.63) is 59.7 Å². The molecule has 6 rings (SSSR count). The Morgan fingerprint density at radius 1 is 0.875 bits per heavy atom. The lowest BCUT2D eigenvalue weighted by Gasteiger charge is -2.59. The minimum atomic E-state index is 0. The van der Waals surface area contributed by atoms with Crippen LogP contribution in [0.4, 0.5) is 0 Å². The highest BCUT2D eigenvalue weighted by atomic mass is 35.5. The zero-order valence-electron chi connectivity index (χ0n) is 19.5. The van der Waals surface area contributed by atoms with Crippen LogP contribution in [0.2, 0.25) is 0 Å². The third-order valence-corrected chi connectivity index (χ3v) is 8.16. The van der Waals surface area contributed by atoms with Crippen molar-refractivity contribution in [3.63, 3.8) is 0 Å². The second kappa shape index (κ2) is 10.1. The Morgan fingerprint density at radius 2 is 1.53 bits per heavy atom. The third-order valence-electron chi connectivity index (χ3n) is 8.16. The van der Waals surface area contributed by atoms with Gasteiger partial charge < -0.3 is 14.8 Å². The van der Waals surface area contributed by atoms with Crippen LogP contribution >= 0.6 is 12.4 Å². The second-order valence-corrected chi connectivity index (χ2v) is 10.4. The van der Waals surface area contributed by atoms with Gasteiger partial charge in [0.25, 0.3) is 0 Å². The van der Waals surface area contributed by atoms with Crippen LogP contribution in [0.3, 0.4) is 0 Å². The van der Waals surface area contributed by atoms with Crippen LogP contribution in [0.15, 0.2) is 48.5 Å². The van der Waals surface area contributed by atoms with Crippen LogP contribution < -0.4 is 14.8 Å². The smallest absolute Gasteiger partial charge is 0.161 e. The molecule has 2 aromatic rings. The summed E-state index contributed by atoms with van der Waals surface area (Å²) in [5, 5.41) is 3.91. The molecule has 1 N–H and O–H groups in total. The van der Waals surface area contributed by atoms with E-state index in [1.165, 1.54) is 49.7 Å². The molecule has 0 saturated heterocycles. The minimum absolute atomic E-state index is 0. The largest absolute Gasteiger partial charge is 0.490 e. The van der Waals surface area contributed by atoms with Gasteiger partial charge in [-0.25, -0.2) is 0 Å². The molecule has 0 spiro atoms. The van der Waals surface area contributed by atoms with Crippen LogP contribution in [-0.4, -0.2) is 12.6 Å². The molecule has 2 aromatic carbocycles. The van der Waals surface area contributed by atoms with Gasteiger partial charge in [0, 0.05) is 12.6 Å². The van der Waals surface area contributed by atoms with Gasteiger partial charge >= 0.3 is 0 Å². The first kappa shape index (κ1) is 23.4. The topological polar surface area (TPSA) is 30.5 Å². The van der Waals surface area contributed by atoms with E-state index >= 15 is 0 Å². The quantitative estimate of drug-likeness (QED) is 0.452. The number of benzene rings is 2. The molecule has 0 aromatic heterocycles. The van der Waals surface area contributed by atoms with Gasteiger partial charge in [-0.3, -0.25) is 0 Å². The van der Waals surface area contributed by atoms with Crippen molar-refractivity contribution in [1.82, 2.24) is 5.32 Å². The molecule has 1 atom stereocenters. The summed E-state index contributed by atoms with van der Waals surface area (Å²) in [4.78, 5) is 0. The highest BCUT2D eigenvalue weighted by molar-refractivity contribution is 5.85. The predicted molar refractivity (Wildman–Crippen MR) is 133 cm³/mol. The van der Waals surface area contributed by atoms with Gasteiger partial charge in [0.1, 0.15) is 6.61 Å². The van der Waals surface area contributed by atoms with Gasteiger partial charge in [0.05, 0.1) is 6.61 Å². The maximum Gasteiger partial charge on any atom is 0.161 e. The summed E-state index contributed by atoms with van der Waals surface area (Å²) in [5.41, 5.74) is 2.98. The summed E-state index contributed by atoms with van der Waals surface area (Å²) in [6, 6.07) is 17.3. The van der Waals surface area contributed by atoms with Crippen molar-refractivity contribution in [2.75, 3.05) is 6.61 Å². The molecule has 0 heterocycles. The van der Waals surface area contributed by atoms with Gasteiger partial charge in [0.15, 0.2) is 11.5 Å². The molecular weight excluding hydrogens is 418 g/mol. The van der Waals surface area contributed by atoms with E-state index in [0.29, 0.717) is 24.7 Å². The average molecular weight is 456 g/mol. The van der Waals surface area contributed by atoms with Crippen molar-refractivity contribution in [1.29, 1.82) is 0 Å². The fourth-order valence-corrected chi connectivity index (χ4v) is 6.98. The van der Waals surface area contributed by atoms with Gasteiger partial charge in [0.2, 0.25) is 0 Å². The van der Waals surface area contributed by atoms with Gasteiger partial charge in [-0.15, -0.1) is 12.4 Å². The van der Waals surface area contributed by atoms with Crippen molar-refractivity contribution in [3.8, 4) is 11.5 Å². The Bertz CT molecular complexity index is 849. The lowest BCUT2D eigenvalue weighted by molar-refractivity contribution is -0.0706. The minimum Gasteiger partial charge on any atom is -0.490 e. The summed E-state index contributed by atoms with van der Waals surface area (Å²) >= 11 is 0. The van der Waals surface area contributed by atoms with E-state index < -0.39 is 0 Å². The maximum atomic E-state index is 6.08. The van der Waals surface area contributed by atoms with Gasteiger partial charge in [-0.1, -0.05) is 36.4 Å². The predicted octanol–water partition coefficient (Wildman–Crippen LogP) is 6.78. The standard InChI is InChI=1S/C28H37NO2.ClH/c1-3-30-27-14-22(9-10-26(27)31-19-21-7-5-4-6-8-21)18-29-20(2)28-15-23-11-24(16-28)13-25(12-23)17-28;/h4-10,14,20,23-25,29H,3,11-13,15-19H2,1-2H3;1H. The molecule has 4 heteroatoms. The number of hydrogen-bond acceptors (Lipinski definition) is 3. The molecule has 174 valence electrons. The van der Waals surface area contributed by atoms with E-state index in [2.05, 4.69) is 42.6 Å². The van der Waals surface area contributed by atoms with E-state index in [0.717, 1.165) is 35.8 Å². The van der Waals surface area contributed by atoms with Gasteiger partial charge in [-0.2, -0.15) is 0 Å². The number of ether oxygens (including phenoxy) is 2. The van der Waals surface area contributed by atoms with E-state index in [1.54, 1.807) is 0 Å². The Hall–Kier alpha value is -1.71. The molecule has 4 aliphatic rings. The first-order valence-electron chi connectivity index (χ1n) is 12.3. The lowest BCUT2D eigenvalue weighted by atomic mass is 9.48. The summed E-state index contributed by atoms with van der Waals surface area (Å²) in [6.45, 7) is 6.56. The molecule has 4 fully saturated rings. The molecule has 1 unspecified atom stereocenters. The molecular formula is C28H38ClNO2. The summed E-state index contributed by atoms with van der Waals surface area (Å²) in [5.74, 6) is 4.67. The monoisotopic (exact) mass is 455 g/mol. The SMILES string of the molecule is CCOc1cc(CNC(C)C23CC4CC(CC(C4)C2)C3)ccc1OCc1ccccc1.Cl. The Morgan fingerprint density at radius 3 is 2.16 bits per heavy atom. The summed E-state index contributed by atoms with van der Waals surface area (Å²) < 4.78 is 12.0. The van der Waals surface area contributed by atoms with Crippen LogP contribution in [0.5, 0.6) is 11.5 Å². The highest BCUT2D eigenvalue weighted by Crippen LogP contribution is 2.61. The van der Waals surface area contributed by atoms with Crippen molar-refractivity contribution >= 4 is 12.4 Å². The average Bonchev–Trinajstić information content (AvgIpc) is 2.77. The number of rotatable bonds is 9. The fraction of sp³-hybridized carbons (Fsp3) is 0.571. The van der Waals surface area contributed by atoms with Crippen molar-refractivity contribution < 1.29 is 9.47 Å². The van der Waals surface area contributed by atoms with Crippen LogP contribution in [0.1, 0.15) is 63.5 Å². The van der Waals surface area contributed by atoms with Crippen LogP contribution in [-0.2, 0) is 13.2 Å². The number of halogens is 1. The summed E-state index contributed by atoms with van der Waals surface area (Å²) in [7, 11) is 0. The molecule has 0 aliphatic heterocycles. The second-order valence-electron chi connectivity index (χ2n) is 10.4. The van der Waals surface area contributed by atoms with E-state index in [4.69, 9.17) is 9.47 Å². The van der Waals surface area contributed by atoms with E-state index in [-0.39, 0.29) is 12.4 Å². The fourth-order valence-electron chi connectivity index (χ4n) is 6.98. The number of nitrogens with one attached hydrogen (secondary N) is 1. The van der Waals surface area contributed by atoms with Crippen molar-refractivity contribution in [2.45, 2.75) is 71.6 Å². The first-order chi connectivity index (χ1) is 15.1. The molecule has 3 nitrogen and oxygen atoms in total.